The van der Waals surface area contributed by atoms with Crippen molar-refractivity contribution in [3.05, 3.63) is 122 Å². The van der Waals surface area contributed by atoms with Crippen LogP contribution in [0.3, 0.4) is 0 Å². The van der Waals surface area contributed by atoms with Crippen LogP contribution in [0.15, 0.2) is 72.8 Å². The highest BCUT2D eigenvalue weighted by Crippen LogP contribution is 2.59. The first-order valence-corrected chi connectivity index (χ1v) is 23.6. The maximum atomic E-state index is 16.3. The van der Waals surface area contributed by atoms with E-state index in [2.05, 4.69) is 53.9 Å². The first-order valence-electron chi connectivity index (χ1n) is 22.8. The van der Waals surface area contributed by atoms with Gasteiger partial charge in [0.05, 0.1) is 23.9 Å². The van der Waals surface area contributed by atoms with E-state index in [1.807, 2.05) is 29.2 Å². The maximum Gasteiger partial charge on any atom is 0.255 e. The van der Waals surface area contributed by atoms with Gasteiger partial charge in [-0.1, -0.05) is 80.1 Å². The van der Waals surface area contributed by atoms with E-state index in [1.54, 1.807) is 42.5 Å². The average molecular weight is 946 g/mol. The fourth-order valence-electron chi connectivity index (χ4n) is 11.5. The molecule has 5 heterocycles. The number of piperidine rings is 1. The fraction of sp³-hybridized carbons (Fsp3) is 0.404. The van der Waals surface area contributed by atoms with Crippen molar-refractivity contribution < 1.29 is 33.1 Å². The van der Waals surface area contributed by atoms with Gasteiger partial charge in [-0.25, -0.2) is 4.39 Å². The number of benzene rings is 4. The quantitative estimate of drug-likeness (QED) is 0.109. The Morgan fingerprint density at radius 3 is 2.61 bits per heavy atom. The Kier molecular flexibility index (Phi) is 11.2. The molecular weight excluding hydrogens is 895 g/mol. The van der Waals surface area contributed by atoms with Crippen LogP contribution in [0.5, 0.6) is 5.75 Å². The molecule has 10 rings (SSSR count). The molecule has 0 bridgehead atoms. The summed E-state index contributed by atoms with van der Waals surface area (Å²) in [5, 5.41) is 13.2. The number of imide groups is 1. The molecule has 6 aliphatic rings. The molecule has 4 N–H and O–H groups in total. The minimum Gasteiger partial charge on any atom is -0.495 e. The number of hydrogen-bond acceptors (Lipinski definition) is 8. The number of anilines is 2. The zero-order valence-electron chi connectivity index (χ0n) is 37.7. The van der Waals surface area contributed by atoms with Gasteiger partial charge >= 0.3 is 0 Å². The van der Waals surface area contributed by atoms with Gasteiger partial charge in [-0.05, 0) is 96.3 Å². The van der Waals surface area contributed by atoms with Crippen LogP contribution in [0, 0.1) is 34.4 Å². The molecular formula is C52H51Cl2FN6O6. The predicted molar refractivity (Wildman–Crippen MR) is 253 cm³/mol. The summed E-state index contributed by atoms with van der Waals surface area (Å²) in [7, 11) is 1.49. The lowest BCUT2D eigenvalue weighted by Gasteiger charge is -2.39. The van der Waals surface area contributed by atoms with Crippen LogP contribution in [0.25, 0.3) is 0 Å². The number of carbonyl (C=O) groups is 5. The smallest absolute Gasteiger partial charge is 0.255 e. The zero-order chi connectivity index (χ0) is 47.2. The van der Waals surface area contributed by atoms with Crippen LogP contribution in [-0.4, -0.2) is 84.2 Å². The minimum absolute atomic E-state index is 0.0280. The number of hydrogen-bond donors (Lipinski definition) is 4. The van der Waals surface area contributed by atoms with Crippen molar-refractivity contribution in [3.8, 4) is 17.6 Å². The van der Waals surface area contributed by atoms with E-state index in [0.717, 1.165) is 35.2 Å². The number of nitrogens with zero attached hydrogens (tertiary/aromatic N) is 2. The van der Waals surface area contributed by atoms with Gasteiger partial charge in [0.1, 0.15) is 17.6 Å². The lowest BCUT2D eigenvalue weighted by atomic mass is 9.63. The molecule has 4 aromatic rings. The summed E-state index contributed by atoms with van der Waals surface area (Å²) in [6.45, 7) is 8.22. The second kappa shape index (κ2) is 16.7. The van der Waals surface area contributed by atoms with E-state index < -0.39 is 35.1 Å². The molecule has 7 atom stereocenters. The van der Waals surface area contributed by atoms with Gasteiger partial charge in [0.15, 0.2) is 0 Å². The summed E-state index contributed by atoms with van der Waals surface area (Å²) >= 11 is 12.9. The van der Waals surface area contributed by atoms with E-state index in [4.69, 9.17) is 27.9 Å². The Hall–Kier alpha value is -5.94. The number of fused-ring (bicyclic) bond motifs is 3. The van der Waals surface area contributed by atoms with Crippen molar-refractivity contribution >= 4 is 64.1 Å². The zero-order valence-corrected chi connectivity index (χ0v) is 39.2. The molecule has 12 nitrogen and oxygen atoms in total. The van der Waals surface area contributed by atoms with Crippen molar-refractivity contribution in [3.63, 3.8) is 0 Å². The Morgan fingerprint density at radius 2 is 1.84 bits per heavy atom. The van der Waals surface area contributed by atoms with E-state index in [-0.39, 0.29) is 70.8 Å². The predicted octanol–water partition coefficient (Wildman–Crippen LogP) is 7.67. The number of methoxy groups -OCH3 is 1. The first-order chi connectivity index (χ1) is 32.0. The van der Waals surface area contributed by atoms with Crippen molar-refractivity contribution in [2.24, 2.45) is 16.7 Å². The third kappa shape index (κ3) is 7.80. The number of rotatable bonds is 7. The number of likely N-dealkylation sites (tertiary alicyclic amines) is 1. The molecule has 5 aliphatic heterocycles. The number of nitrogens with one attached hydrogen (secondary N) is 4. The van der Waals surface area contributed by atoms with Crippen LogP contribution in [0.4, 0.5) is 15.8 Å². The standard InChI is InChI=1S/C52H51Cl2FN6O6/c1-50(2,3)24-41-52(26-56-38-22-31(53)14-15-35(38)52)43(33-9-6-10-36(54)44(33)55)45(58-41)47(64)57-37-16-12-29(21-40(37)67-4)48(65)60-20-19-51(27-60)23-30(51)13-11-28-7-5-8-32-34(28)25-61(49(32)66)39-17-18-42(62)59-46(39)63/h5-10,12,14-16,21-22,30,39,41,43,45,56,58H,17-20,23-27H2,1-4H3,(H,57,64)(H,59,62,63)/t30-,39-,41-,43-,45+,51?,52-/m0/s1. The van der Waals surface area contributed by atoms with Crippen LogP contribution in [-0.2, 0) is 26.3 Å². The Balaban J connectivity index is 0.854. The van der Waals surface area contributed by atoms with Crippen LogP contribution in [0.1, 0.15) is 102 Å². The molecule has 4 aromatic carbocycles. The molecule has 2 spiro atoms. The molecule has 346 valence electrons. The molecule has 1 saturated carbocycles. The Bertz CT molecular complexity index is 2860. The monoisotopic (exact) mass is 944 g/mol. The summed E-state index contributed by atoms with van der Waals surface area (Å²) in [5.74, 6) is 4.31. The highest BCUT2D eigenvalue weighted by molar-refractivity contribution is 6.31. The summed E-state index contributed by atoms with van der Waals surface area (Å²) in [6.07, 6.45) is 2.79. The minimum atomic E-state index is -0.900. The fourth-order valence-corrected chi connectivity index (χ4v) is 11.9. The largest absolute Gasteiger partial charge is 0.495 e. The number of carbonyl (C=O) groups excluding carboxylic acids is 5. The lowest BCUT2D eigenvalue weighted by molar-refractivity contribution is -0.137. The molecule has 1 unspecified atom stereocenters. The van der Waals surface area contributed by atoms with Crippen molar-refractivity contribution in [2.75, 3.05) is 37.4 Å². The molecule has 5 amide bonds. The summed E-state index contributed by atoms with van der Waals surface area (Å²) in [4.78, 5) is 69.9. The van der Waals surface area contributed by atoms with Gasteiger partial charge in [-0.15, -0.1) is 0 Å². The van der Waals surface area contributed by atoms with E-state index in [1.165, 1.54) is 18.1 Å². The number of halogens is 3. The third-order valence-electron chi connectivity index (χ3n) is 14.9. The normalized spacial score (nSPS) is 27.1. The molecule has 3 saturated heterocycles. The van der Waals surface area contributed by atoms with Gasteiger partial charge in [0.2, 0.25) is 17.7 Å². The van der Waals surface area contributed by atoms with Gasteiger partial charge in [-0.2, -0.15) is 0 Å². The highest BCUT2D eigenvalue weighted by Gasteiger charge is 2.62. The molecule has 15 heteroatoms. The SMILES string of the molecule is COc1cc(C(=O)N2CCC3(C[C@@H]3C#Cc3cccc4c3CN([C@H]3CCC(=O)NC3=O)C4=O)C2)ccc1NC(=O)[C@@H]1N[C@@H](CC(C)(C)C)[C@@]2(CNc3cc(Cl)ccc32)[C@H]1c1cccc(Cl)c1F. The summed E-state index contributed by atoms with van der Waals surface area (Å²) in [6, 6.07) is 19.2. The molecule has 4 fully saturated rings. The van der Waals surface area contributed by atoms with Crippen LogP contribution in [0.2, 0.25) is 10.0 Å². The van der Waals surface area contributed by atoms with Crippen LogP contribution >= 0.6 is 23.2 Å². The van der Waals surface area contributed by atoms with Crippen molar-refractivity contribution in [1.82, 2.24) is 20.4 Å². The maximum absolute atomic E-state index is 16.3. The molecule has 67 heavy (non-hydrogen) atoms. The average Bonchev–Trinajstić information content (AvgIpc) is 3.65. The van der Waals surface area contributed by atoms with E-state index in [0.29, 0.717) is 59.2 Å². The second-order valence-corrected chi connectivity index (χ2v) is 21.0. The van der Waals surface area contributed by atoms with E-state index in [9.17, 15) is 24.0 Å². The van der Waals surface area contributed by atoms with Crippen molar-refractivity contribution in [1.29, 1.82) is 0 Å². The van der Waals surface area contributed by atoms with Gasteiger partial charge in [-0.3, -0.25) is 29.3 Å². The second-order valence-electron chi connectivity index (χ2n) is 20.2. The van der Waals surface area contributed by atoms with Gasteiger partial charge in [0.25, 0.3) is 11.8 Å². The van der Waals surface area contributed by atoms with Gasteiger partial charge < -0.3 is 30.5 Å². The van der Waals surface area contributed by atoms with Gasteiger partial charge in [0, 0.05) is 88.7 Å². The molecule has 0 radical (unpaired) electrons. The highest BCUT2D eigenvalue weighted by atomic mass is 35.5. The topological polar surface area (TPSA) is 149 Å². The third-order valence-corrected chi connectivity index (χ3v) is 15.4. The summed E-state index contributed by atoms with van der Waals surface area (Å²) < 4.78 is 22.1. The summed E-state index contributed by atoms with van der Waals surface area (Å²) in [5.41, 5.74) is 3.88. The number of ether oxygens (including phenoxy) is 1. The van der Waals surface area contributed by atoms with Crippen LogP contribution < -0.4 is 26.0 Å². The number of amides is 5. The molecule has 0 aromatic heterocycles. The first kappa shape index (κ1) is 44.9. The molecule has 1 aliphatic carbocycles. The lowest BCUT2D eigenvalue weighted by Crippen LogP contribution is -2.52. The van der Waals surface area contributed by atoms with E-state index >= 15 is 4.39 Å². The Labute approximate surface area is 398 Å². The Morgan fingerprint density at radius 1 is 1.03 bits per heavy atom. The van der Waals surface area contributed by atoms with Crippen molar-refractivity contribution in [2.45, 2.75) is 88.9 Å².